The van der Waals surface area contributed by atoms with Gasteiger partial charge < -0.3 is 4.74 Å². The molecule has 1 saturated carbocycles. The molecule has 1 amide bonds. The summed E-state index contributed by atoms with van der Waals surface area (Å²) in [4.78, 5) is 14.7. The summed E-state index contributed by atoms with van der Waals surface area (Å²) in [5.74, 6) is 0.637. The molecule has 2 aliphatic rings. The summed E-state index contributed by atoms with van der Waals surface area (Å²) >= 11 is 0. The molecule has 1 heterocycles. The van der Waals surface area contributed by atoms with Gasteiger partial charge in [-0.15, -0.1) is 0 Å². The van der Waals surface area contributed by atoms with Crippen molar-refractivity contribution in [2.24, 2.45) is 0 Å². The Morgan fingerprint density at radius 3 is 2.71 bits per heavy atom. The maximum atomic E-state index is 12.0. The third-order valence-corrected chi connectivity index (χ3v) is 6.11. The lowest BCUT2D eigenvalue weighted by Crippen LogP contribution is -2.35. The van der Waals surface area contributed by atoms with Crippen molar-refractivity contribution < 1.29 is 9.53 Å². The van der Waals surface area contributed by atoms with Crippen molar-refractivity contribution in [2.75, 3.05) is 18.5 Å². The molecule has 3 atom stereocenters. The molecule has 1 N–H and O–H groups in total. The van der Waals surface area contributed by atoms with Crippen molar-refractivity contribution in [3.63, 3.8) is 0 Å². The van der Waals surface area contributed by atoms with Crippen molar-refractivity contribution in [2.45, 2.75) is 70.9 Å². The van der Waals surface area contributed by atoms with Crippen molar-refractivity contribution in [1.82, 2.24) is 4.90 Å². The maximum Gasteiger partial charge on any atom is 0.411 e. The molecule has 4 heteroatoms. The third kappa shape index (κ3) is 5.48. The topological polar surface area (TPSA) is 41.6 Å². The summed E-state index contributed by atoms with van der Waals surface area (Å²) in [7, 11) is 0. The van der Waals surface area contributed by atoms with Crippen LogP contribution in [0.25, 0.3) is 0 Å². The summed E-state index contributed by atoms with van der Waals surface area (Å²) < 4.78 is 5.26. The lowest BCUT2D eigenvalue weighted by atomic mass is 9.97. The van der Waals surface area contributed by atoms with Crippen LogP contribution in [0.2, 0.25) is 0 Å². The second-order valence-electron chi connectivity index (χ2n) is 8.25. The average Bonchev–Trinajstić information content (AvgIpc) is 3.34. The highest BCUT2D eigenvalue weighted by atomic mass is 16.5. The smallest absolute Gasteiger partial charge is 0.411 e. The monoisotopic (exact) mass is 382 g/mol. The first-order valence-electron chi connectivity index (χ1n) is 10.6. The fourth-order valence-electron chi connectivity index (χ4n) is 4.54. The van der Waals surface area contributed by atoms with Crippen LogP contribution in [0.4, 0.5) is 10.5 Å². The number of likely N-dealkylation sites (tertiary alicyclic amines) is 1. The molecule has 1 aromatic carbocycles. The molecule has 28 heavy (non-hydrogen) atoms. The van der Waals surface area contributed by atoms with Crippen molar-refractivity contribution in [3.8, 4) is 0 Å². The quantitative estimate of drug-likeness (QED) is 0.625. The molecule has 0 bridgehead atoms. The fraction of sp³-hybridized carbons (Fsp3) is 0.542. The molecule has 3 unspecified atom stereocenters. The Kier molecular flexibility index (Phi) is 7.32. The van der Waals surface area contributed by atoms with Crippen LogP contribution in [0.5, 0.6) is 0 Å². The Morgan fingerprint density at radius 1 is 1.25 bits per heavy atom. The zero-order valence-corrected chi connectivity index (χ0v) is 17.5. The summed E-state index contributed by atoms with van der Waals surface area (Å²) in [6.45, 7) is 7.84. The molecule has 0 aromatic heterocycles. The van der Waals surface area contributed by atoms with Crippen LogP contribution in [-0.4, -0.2) is 36.2 Å². The minimum atomic E-state index is -0.412. The molecule has 1 aromatic rings. The first-order chi connectivity index (χ1) is 13.6. The number of anilines is 1. The van der Waals surface area contributed by atoms with Gasteiger partial charge in [-0.2, -0.15) is 0 Å². The van der Waals surface area contributed by atoms with Gasteiger partial charge in [0.25, 0.3) is 0 Å². The van der Waals surface area contributed by atoms with Gasteiger partial charge >= 0.3 is 6.09 Å². The summed E-state index contributed by atoms with van der Waals surface area (Å²) in [6, 6.07) is 9.79. The standard InChI is InChI=1S/C24H34N2O2/c1-4-5-7-18(2)17-28-24(27)25-22-12-9-20(10-13-22)21-11-14-23(16-21)26-15-6-8-19(26)3/h4-5,7,9-10,12-13,19,21,23H,6,8,11,14-17H2,1-3H3,(H,25,27). The van der Waals surface area contributed by atoms with E-state index in [1.54, 1.807) is 0 Å². The van der Waals surface area contributed by atoms with E-state index in [4.69, 9.17) is 4.74 Å². The van der Waals surface area contributed by atoms with Gasteiger partial charge in [-0.3, -0.25) is 10.2 Å². The van der Waals surface area contributed by atoms with Crippen molar-refractivity contribution >= 4 is 11.8 Å². The Labute approximate surface area is 169 Å². The Morgan fingerprint density at radius 2 is 2.04 bits per heavy atom. The molecule has 1 aliphatic carbocycles. The minimum absolute atomic E-state index is 0.298. The maximum absolute atomic E-state index is 12.0. The van der Waals surface area contributed by atoms with Gasteiger partial charge in [0.1, 0.15) is 6.61 Å². The van der Waals surface area contributed by atoms with Crippen LogP contribution in [-0.2, 0) is 4.74 Å². The van der Waals surface area contributed by atoms with E-state index in [2.05, 4.69) is 29.3 Å². The number of nitrogens with one attached hydrogen (secondary N) is 1. The van der Waals surface area contributed by atoms with Crippen LogP contribution in [0.15, 0.2) is 48.1 Å². The van der Waals surface area contributed by atoms with Crippen LogP contribution < -0.4 is 5.32 Å². The number of carbonyl (C=O) groups is 1. The Hall–Kier alpha value is -2.07. The molecule has 0 radical (unpaired) electrons. The number of allylic oxidation sites excluding steroid dienone is 3. The number of benzene rings is 1. The molecule has 1 aliphatic heterocycles. The molecular formula is C24H34N2O2. The van der Waals surface area contributed by atoms with Gasteiger partial charge in [0.2, 0.25) is 0 Å². The van der Waals surface area contributed by atoms with Gasteiger partial charge in [0.15, 0.2) is 0 Å². The summed E-state index contributed by atoms with van der Waals surface area (Å²) in [5.41, 5.74) is 3.18. The van der Waals surface area contributed by atoms with E-state index >= 15 is 0 Å². The predicted octanol–water partition coefficient (Wildman–Crippen LogP) is 5.88. The van der Waals surface area contributed by atoms with Crippen LogP contribution in [0, 0.1) is 0 Å². The summed E-state index contributed by atoms with van der Waals surface area (Å²) in [5, 5.41) is 2.82. The third-order valence-electron chi connectivity index (χ3n) is 6.11. The van der Waals surface area contributed by atoms with Gasteiger partial charge in [0, 0.05) is 17.8 Å². The van der Waals surface area contributed by atoms with Gasteiger partial charge in [0.05, 0.1) is 0 Å². The number of hydrogen-bond donors (Lipinski definition) is 1. The minimum Gasteiger partial charge on any atom is -0.445 e. The number of ether oxygens (including phenoxy) is 1. The molecule has 3 rings (SSSR count). The van der Waals surface area contributed by atoms with Gasteiger partial charge in [-0.25, -0.2) is 4.79 Å². The largest absolute Gasteiger partial charge is 0.445 e. The number of amides is 1. The van der Waals surface area contributed by atoms with Crippen molar-refractivity contribution in [3.05, 3.63) is 53.6 Å². The van der Waals surface area contributed by atoms with E-state index in [9.17, 15) is 4.79 Å². The second-order valence-corrected chi connectivity index (χ2v) is 8.25. The molecule has 152 valence electrons. The van der Waals surface area contributed by atoms with Crippen LogP contribution in [0.3, 0.4) is 0 Å². The molecule has 2 fully saturated rings. The molecule has 4 nitrogen and oxygen atoms in total. The first kappa shape index (κ1) is 20.7. The lowest BCUT2D eigenvalue weighted by Gasteiger charge is -2.28. The highest BCUT2D eigenvalue weighted by Crippen LogP contribution is 2.39. The van der Waals surface area contributed by atoms with E-state index in [-0.39, 0.29) is 0 Å². The lowest BCUT2D eigenvalue weighted by molar-refractivity contribution is 0.171. The Balaban J connectivity index is 1.48. The fourth-order valence-corrected chi connectivity index (χ4v) is 4.54. The number of hydrogen-bond acceptors (Lipinski definition) is 3. The highest BCUT2D eigenvalue weighted by molar-refractivity contribution is 5.84. The van der Waals surface area contributed by atoms with Crippen LogP contribution >= 0.6 is 0 Å². The van der Waals surface area contributed by atoms with E-state index in [0.717, 1.165) is 23.3 Å². The highest BCUT2D eigenvalue weighted by Gasteiger charge is 2.34. The molecule has 0 spiro atoms. The predicted molar refractivity (Wildman–Crippen MR) is 116 cm³/mol. The Bertz CT molecular complexity index is 708. The van der Waals surface area contributed by atoms with E-state index in [1.807, 2.05) is 44.2 Å². The molecule has 1 saturated heterocycles. The zero-order chi connectivity index (χ0) is 19.9. The van der Waals surface area contributed by atoms with Gasteiger partial charge in [-0.05, 0) is 88.6 Å². The number of nitrogens with zero attached hydrogens (tertiary/aromatic N) is 1. The number of rotatable bonds is 6. The zero-order valence-electron chi connectivity index (χ0n) is 17.5. The molecular weight excluding hydrogens is 348 g/mol. The van der Waals surface area contributed by atoms with E-state index in [0.29, 0.717) is 12.5 Å². The van der Waals surface area contributed by atoms with E-state index < -0.39 is 6.09 Å². The normalized spacial score (nSPS) is 26.1. The SMILES string of the molecule is CC=CC=C(C)COC(=O)Nc1ccc(C2CCC(N3CCCC3C)C2)cc1. The van der Waals surface area contributed by atoms with E-state index in [1.165, 1.54) is 44.2 Å². The van der Waals surface area contributed by atoms with Crippen molar-refractivity contribution in [1.29, 1.82) is 0 Å². The first-order valence-corrected chi connectivity index (χ1v) is 10.6. The van der Waals surface area contributed by atoms with Crippen LogP contribution in [0.1, 0.15) is 64.4 Å². The second kappa shape index (κ2) is 9.92. The average molecular weight is 383 g/mol. The van der Waals surface area contributed by atoms with Gasteiger partial charge in [-0.1, -0.05) is 30.4 Å². The number of carbonyl (C=O) groups excluding carboxylic acids is 1. The summed E-state index contributed by atoms with van der Waals surface area (Å²) in [6.07, 6.45) is 12.0.